The van der Waals surface area contributed by atoms with Crippen LogP contribution < -0.4 is 5.19 Å². The molecule has 0 N–H and O–H groups in total. The van der Waals surface area contributed by atoms with Gasteiger partial charge in [0.2, 0.25) is 6.08 Å². The van der Waals surface area contributed by atoms with Gasteiger partial charge in [0, 0.05) is 0 Å². The first kappa shape index (κ1) is 11.2. The van der Waals surface area contributed by atoms with Crippen LogP contribution in [0, 0.1) is 0 Å². The summed E-state index contributed by atoms with van der Waals surface area (Å²) in [6.45, 7) is 6.55. The number of aliphatic imine (C=N–C) groups is 1. The molecule has 0 radical (unpaired) electrons. The Morgan fingerprint density at radius 2 is 2.00 bits per heavy atom. The second kappa shape index (κ2) is 4.09. The Hall–Kier alpha value is -0.893. The molecule has 0 unspecified atom stereocenters. The molecule has 2 nitrogen and oxygen atoms in total. The maximum atomic E-state index is 10.3. The third-order valence-electron chi connectivity index (χ3n) is 1.95. The fraction of sp³-hybridized carbons (Fsp3) is 0.300. The largest absolute Gasteiger partial charge is 0.240 e. The quantitative estimate of drug-likeness (QED) is 0.432. The van der Waals surface area contributed by atoms with Crippen LogP contribution in [0.25, 0.3) is 0 Å². The summed E-state index contributed by atoms with van der Waals surface area (Å²) < 4.78 is 0. The van der Waals surface area contributed by atoms with Gasteiger partial charge in [0.25, 0.3) is 0 Å². The van der Waals surface area contributed by atoms with Crippen LogP contribution in [0.15, 0.2) is 23.2 Å². The van der Waals surface area contributed by atoms with Crippen molar-refractivity contribution in [3.8, 4) is 0 Å². The fourth-order valence-electron chi connectivity index (χ4n) is 1.28. The minimum atomic E-state index is -1.50. The number of benzene rings is 1. The Kier molecular flexibility index (Phi) is 3.27. The monoisotopic (exact) mass is 225 g/mol. The molecule has 1 rings (SSSR count). The standard InChI is InChI=1S/C10H12ClNOSi/c1-14(2,3)9-6-4-5-8(11)10(9)12-7-13/h4-6H,1-3H3. The summed E-state index contributed by atoms with van der Waals surface area (Å²) in [7, 11) is -1.50. The molecule has 1 aromatic rings. The van der Waals surface area contributed by atoms with Crippen molar-refractivity contribution in [2.24, 2.45) is 4.99 Å². The second-order valence-corrected chi connectivity index (χ2v) is 9.53. The Morgan fingerprint density at radius 1 is 1.36 bits per heavy atom. The van der Waals surface area contributed by atoms with Crippen LogP contribution in [0.5, 0.6) is 0 Å². The number of nitrogens with zero attached hydrogens (tertiary/aromatic N) is 1. The van der Waals surface area contributed by atoms with E-state index in [1.807, 2.05) is 12.1 Å². The van der Waals surface area contributed by atoms with Crippen LogP contribution in [-0.2, 0) is 4.79 Å². The van der Waals surface area contributed by atoms with E-state index in [1.165, 1.54) is 0 Å². The molecule has 0 bridgehead atoms. The van der Waals surface area contributed by atoms with Gasteiger partial charge >= 0.3 is 0 Å². The summed E-state index contributed by atoms with van der Waals surface area (Å²) >= 11 is 5.96. The first-order valence-corrected chi connectivity index (χ1v) is 8.21. The van der Waals surface area contributed by atoms with Gasteiger partial charge in [-0.2, -0.15) is 4.99 Å². The Balaban J connectivity index is 3.43. The average Bonchev–Trinajstić information content (AvgIpc) is 2.07. The van der Waals surface area contributed by atoms with Crippen LogP contribution in [0.2, 0.25) is 24.7 Å². The Morgan fingerprint density at radius 3 is 2.50 bits per heavy atom. The van der Waals surface area contributed by atoms with Gasteiger partial charge in [-0.1, -0.05) is 43.4 Å². The lowest BCUT2D eigenvalue weighted by Crippen LogP contribution is -2.37. The number of para-hydroxylation sites is 1. The highest BCUT2D eigenvalue weighted by atomic mass is 35.5. The predicted molar refractivity (Wildman–Crippen MR) is 62.2 cm³/mol. The molecule has 0 aromatic heterocycles. The SMILES string of the molecule is C[Si](C)(C)c1cccc(Cl)c1N=C=O. The number of hydrogen-bond donors (Lipinski definition) is 0. The van der Waals surface area contributed by atoms with Crippen molar-refractivity contribution in [3.63, 3.8) is 0 Å². The van der Waals surface area contributed by atoms with Crippen molar-refractivity contribution in [3.05, 3.63) is 23.2 Å². The first-order valence-electron chi connectivity index (χ1n) is 4.33. The van der Waals surface area contributed by atoms with E-state index in [0.717, 1.165) is 5.19 Å². The molecule has 4 heteroatoms. The van der Waals surface area contributed by atoms with Crippen LogP contribution in [0.4, 0.5) is 5.69 Å². The van der Waals surface area contributed by atoms with Crippen LogP contribution >= 0.6 is 11.6 Å². The highest BCUT2D eigenvalue weighted by molar-refractivity contribution is 6.89. The van der Waals surface area contributed by atoms with Crippen molar-refractivity contribution >= 4 is 36.6 Å². The van der Waals surface area contributed by atoms with Crippen LogP contribution in [0.3, 0.4) is 0 Å². The molecule has 0 aliphatic heterocycles. The van der Waals surface area contributed by atoms with Gasteiger partial charge in [0.15, 0.2) is 0 Å². The van der Waals surface area contributed by atoms with E-state index in [0.29, 0.717) is 10.7 Å². The molecule has 0 spiro atoms. The van der Waals surface area contributed by atoms with Gasteiger partial charge in [0.1, 0.15) is 0 Å². The molecule has 0 fully saturated rings. The third-order valence-corrected chi connectivity index (χ3v) is 4.28. The van der Waals surface area contributed by atoms with Crippen molar-refractivity contribution in [1.29, 1.82) is 0 Å². The van der Waals surface area contributed by atoms with E-state index in [4.69, 9.17) is 11.6 Å². The lowest BCUT2D eigenvalue weighted by Gasteiger charge is -2.18. The van der Waals surface area contributed by atoms with Crippen molar-refractivity contribution in [1.82, 2.24) is 0 Å². The summed E-state index contributed by atoms with van der Waals surface area (Å²) in [4.78, 5) is 13.9. The summed E-state index contributed by atoms with van der Waals surface area (Å²) in [5, 5.41) is 1.61. The second-order valence-electron chi connectivity index (χ2n) is 4.09. The van der Waals surface area contributed by atoms with Gasteiger partial charge in [-0.05, 0) is 11.3 Å². The van der Waals surface area contributed by atoms with E-state index in [1.54, 1.807) is 12.1 Å². The third kappa shape index (κ3) is 2.32. The molecule has 14 heavy (non-hydrogen) atoms. The lowest BCUT2D eigenvalue weighted by atomic mass is 10.3. The topological polar surface area (TPSA) is 29.4 Å². The summed E-state index contributed by atoms with van der Waals surface area (Å²) in [5.74, 6) is 0. The zero-order valence-electron chi connectivity index (χ0n) is 8.47. The fourth-order valence-corrected chi connectivity index (χ4v) is 3.07. The molecule has 74 valence electrons. The number of hydrogen-bond acceptors (Lipinski definition) is 2. The summed E-state index contributed by atoms with van der Waals surface area (Å²) in [6, 6.07) is 5.61. The minimum absolute atomic E-state index is 0.522. The van der Waals surface area contributed by atoms with E-state index >= 15 is 0 Å². The molecular formula is C10H12ClNOSi. The molecule has 0 saturated carbocycles. The highest BCUT2D eigenvalue weighted by Crippen LogP contribution is 2.24. The number of isocyanates is 1. The predicted octanol–water partition coefficient (Wildman–Crippen LogP) is 2.85. The number of rotatable bonds is 2. The number of carbonyl (C=O) groups excluding carboxylic acids is 1. The van der Waals surface area contributed by atoms with Gasteiger partial charge in [-0.3, -0.25) is 0 Å². The number of halogens is 1. The van der Waals surface area contributed by atoms with Gasteiger partial charge < -0.3 is 0 Å². The summed E-state index contributed by atoms with van der Waals surface area (Å²) in [6.07, 6.45) is 1.55. The smallest absolute Gasteiger partial charge is 0.211 e. The first-order chi connectivity index (χ1) is 6.46. The van der Waals surface area contributed by atoms with E-state index in [-0.39, 0.29) is 0 Å². The maximum absolute atomic E-state index is 10.3. The molecular weight excluding hydrogens is 214 g/mol. The maximum Gasteiger partial charge on any atom is 0.240 e. The molecule has 0 saturated heterocycles. The molecule has 1 aromatic carbocycles. The Bertz CT molecular complexity index is 392. The highest BCUT2D eigenvalue weighted by Gasteiger charge is 2.21. The van der Waals surface area contributed by atoms with Crippen LogP contribution in [0.1, 0.15) is 0 Å². The minimum Gasteiger partial charge on any atom is -0.211 e. The van der Waals surface area contributed by atoms with E-state index in [9.17, 15) is 4.79 Å². The van der Waals surface area contributed by atoms with E-state index < -0.39 is 8.07 Å². The molecule has 0 aliphatic carbocycles. The normalized spacial score (nSPS) is 10.9. The zero-order chi connectivity index (χ0) is 10.8. The Labute approximate surface area is 89.6 Å². The van der Waals surface area contributed by atoms with Gasteiger partial charge in [-0.25, -0.2) is 4.79 Å². The van der Waals surface area contributed by atoms with E-state index in [2.05, 4.69) is 24.6 Å². The van der Waals surface area contributed by atoms with Crippen molar-refractivity contribution < 1.29 is 4.79 Å². The lowest BCUT2D eigenvalue weighted by molar-refractivity contribution is 0.565. The van der Waals surface area contributed by atoms with Crippen molar-refractivity contribution in [2.75, 3.05) is 0 Å². The average molecular weight is 226 g/mol. The van der Waals surface area contributed by atoms with Crippen molar-refractivity contribution in [2.45, 2.75) is 19.6 Å². The molecule has 0 heterocycles. The molecule has 0 aliphatic rings. The van der Waals surface area contributed by atoms with Crippen LogP contribution in [-0.4, -0.2) is 14.2 Å². The van der Waals surface area contributed by atoms with Gasteiger partial charge in [0.05, 0.1) is 18.8 Å². The zero-order valence-corrected chi connectivity index (χ0v) is 10.2. The molecule has 0 atom stereocenters. The molecule has 0 amide bonds. The van der Waals surface area contributed by atoms with Gasteiger partial charge in [-0.15, -0.1) is 0 Å². The summed E-state index contributed by atoms with van der Waals surface area (Å²) in [5.41, 5.74) is 0.586.